The lowest BCUT2D eigenvalue weighted by atomic mass is 9.98. The number of anilines is 1. The van der Waals surface area contributed by atoms with Crippen LogP contribution < -0.4 is 9.64 Å². The Bertz CT molecular complexity index is 675. The molecule has 1 N–H and O–H groups in total. The molecule has 2 atom stereocenters. The van der Waals surface area contributed by atoms with Gasteiger partial charge in [-0.05, 0) is 31.9 Å². The normalized spacial score (nSPS) is 23.5. The number of hydrogen-bond acceptors (Lipinski definition) is 4. The number of rotatable bonds is 3. The number of nitrogens with zero attached hydrogens (tertiary/aromatic N) is 2. The maximum absolute atomic E-state index is 12.6. The number of piperidine rings is 1. The molecule has 1 aromatic rings. The molecule has 7 nitrogen and oxygen atoms in total. The third-order valence-electron chi connectivity index (χ3n) is 4.49. The first kappa shape index (κ1) is 16.3. The van der Waals surface area contributed by atoms with E-state index < -0.39 is 18.0 Å². The molecule has 0 bridgehead atoms. The minimum absolute atomic E-state index is 0.101. The maximum Gasteiger partial charge on any atom is 0.308 e. The summed E-state index contributed by atoms with van der Waals surface area (Å²) >= 11 is 0. The van der Waals surface area contributed by atoms with Crippen molar-refractivity contribution in [3.05, 3.63) is 24.3 Å². The molecule has 1 aromatic carbocycles. The van der Waals surface area contributed by atoms with Gasteiger partial charge in [-0.25, -0.2) is 0 Å². The van der Waals surface area contributed by atoms with Crippen molar-refractivity contribution in [2.75, 3.05) is 24.5 Å². The second-order valence-electron chi connectivity index (χ2n) is 6.17. The fourth-order valence-corrected chi connectivity index (χ4v) is 3.16. The molecule has 2 aliphatic rings. The van der Waals surface area contributed by atoms with Gasteiger partial charge in [-0.1, -0.05) is 12.1 Å². The van der Waals surface area contributed by atoms with Gasteiger partial charge < -0.3 is 14.7 Å². The van der Waals surface area contributed by atoms with E-state index in [1.165, 1.54) is 9.80 Å². The van der Waals surface area contributed by atoms with Gasteiger partial charge in [0.1, 0.15) is 12.3 Å². The molecule has 2 amide bonds. The SMILES string of the molecule is C[C@@H]1Oc2ccccc2N(CC(=O)N2CCC[C@H](C(=O)O)C2)C1=O. The largest absolute Gasteiger partial charge is 0.481 e. The van der Waals surface area contributed by atoms with Crippen LogP contribution in [-0.4, -0.2) is 53.5 Å². The highest BCUT2D eigenvalue weighted by atomic mass is 16.5. The molecule has 128 valence electrons. The maximum atomic E-state index is 12.6. The number of benzene rings is 1. The van der Waals surface area contributed by atoms with E-state index in [2.05, 4.69) is 0 Å². The van der Waals surface area contributed by atoms with Crippen molar-refractivity contribution in [2.45, 2.75) is 25.9 Å². The van der Waals surface area contributed by atoms with Gasteiger partial charge in [-0.15, -0.1) is 0 Å². The molecular formula is C17H20N2O5. The Kier molecular flexibility index (Phi) is 4.42. The van der Waals surface area contributed by atoms with Gasteiger partial charge in [-0.2, -0.15) is 0 Å². The number of likely N-dealkylation sites (tertiary alicyclic amines) is 1. The Morgan fingerprint density at radius 2 is 2.08 bits per heavy atom. The monoisotopic (exact) mass is 332 g/mol. The molecule has 0 aromatic heterocycles. The Morgan fingerprint density at radius 3 is 2.83 bits per heavy atom. The Labute approximate surface area is 139 Å². The lowest BCUT2D eigenvalue weighted by molar-refractivity contribution is -0.145. The summed E-state index contributed by atoms with van der Waals surface area (Å²) in [5.74, 6) is -1.35. The van der Waals surface area contributed by atoms with Crippen LogP contribution in [0.3, 0.4) is 0 Å². The number of carbonyl (C=O) groups is 3. The van der Waals surface area contributed by atoms with Crippen LogP contribution in [-0.2, 0) is 14.4 Å². The summed E-state index contributed by atoms with van der Waals surface area (Å²) in [5, 5.41) is 9.15. The van der Waals surface area contributed by atoms with Crippen molar-refractivity contribution < 1.29 is 24.2 Å². The van der Waals surface area contributed by atoms with E-state index in [1.54, 1.807) is 25.1 Å². The van der Waals surface area contributed by atoms with E-state index in [0.29, 0.717) is 30.8 Å². The summed E-state index contributed by atoms with van der Waals surface area (Å²) in [6.45, 7) is 2.27. The number of fused-ring (bicyclic) bond motifs is 1. The standard InChI is InChI=1S/C17H20N2O5/c1-11-16(21)19(13-6-2-3-7-14(13)24-11)10-15(20)18-8-4-5-12(9-18)17(22)23/h2-3,6-7,11-12H,4-5,8-10H2,1H3,(H,22,23)/t11-,12-/m0/s1. The predicted octanol–water partition coefficient (Wildman–Crippen LogP) is 1.12. The Balaban J connectivity index is 1.76. The minimum atomic E-state index is -0.881. The summed E-state index contributed by atoms with van der Waals surface area (Å²) < 4.78 is 5.56. The van der Waals surface area contributed by atoms with Gasteiger partial charge in [-0.3, -0.25) is 19.3 Å². The van der Waals surface area contributed by atoms with E-state index in [0.717, 1.165) is 0 Å². The van der Waals surface area contributed by atoms with Crippen LogP contribution in [0.25, 0.3) is 0 Å². The molecule has 2 heterocycles. The molecule has 0 radical (unpaired) electrons. The number of carboxylic acid groups (broad SMARTS) is 1. The first-order chi connectivity index (χ1) is 11.5. The number of amides is 2. The van der Waals surface area contributed by atoms with E-state index in [9.17, 15) is 14.4 Å². The second kappa shape index (κ2) is 6.51. The zero-order valence-electron chi connectivity index (χ0n) is 13.5. The van der Waals surface area contributed by atoms with Crippen molar-refractivity contribution in [3.8, 4) is 5.75 Å². The second-order valence-corrected chi connectivity index (χ2v) is 6.17. The number of aliphatic carboxylic acids is 1. The third kappa shape index (κ3) is 3.06. The molecule has 24 heavy (non-hydrogen) atoms. The summed E-state index contributed by atoms with van der Waals surface area (Å²) in [7, 11) is 0. The van der Waals surface area contributed by atoms with Crippen LogP contribution >= 0.6 is 0 Å². The van der Waals surface area contributed by atoms with Crippen LogP contribution in [0.4, 0.5) is 5.69 Å². The van der Waals surface area contributed by atoms with E-state index in [1.807, 2.05) is 6.07 Å². The van der Waals surface area contributed by atoms with Crippen LogP contribution in [0.5, 0.6) is 5.75 Å². The zero-order valence-corrected chi connectivity index (χ0v) is 13.5. The van der Waals surface area contributed by atoms with Crippen LogP contribution in [0.15, 0.2) is 24.3 Å². The van der Waals surface area contributed by atoms with Crippen LogP contribution in [0.1, 0.15) is 19.8 Å². The molecule has 0 spiro atoms. The van der Waals surface area contributed by atoms with Gasteiger partial charge in [0.15, 0.2) is 6.10 Å². The van der Waals surface area contributed by atoms with Gasteiger partial charge in [0.05, 0.1) is 11.6 Å². The van der Waals surface area contributed by atoms with Crippen molar-refractivity contribution in [1.29, 1.82) is 0 Å². The molecule has 0 saturated carbocycles. The number of carboxylic acids is 1. The first-order valence-electron chi connectivity index (χ1n) is 8.05. The highest BCUT2D eigenvalue weighted by Gasteiger charge is 2.35. The third-order valence-corrected chi connectivity index (χ3v) is 4.49. The molecule has 0 aliphatic carbocycles. The summed E-state index contributed by atoms with van der Waals surface area (Å²) in [4.78, 5) is 39.1. The number of para-hydroxylation sites is 2. The molecular weight excluding hydrogens is 312 g/mol. The Morgan fingerprint density at radius 1 is 1.33 bits per heavy atom. The van der Waals surface area contributed by atoms with Gasteiger partial charge in [0.2, 0.25) is 5.91 Å². The molecule has 7 heteroatoms. The molecule has 1 saturated heterocycles. The van der Waals surface area contributed by atoms with Gasteiger partial charge in [0, 0.05) is 13.1 Å². The van der Waals surface area contributed by atoms with Gasteiger partial charge in [0.25, 0.3) is 5.91 Å². The lowest BCUT2D eigenvalue weighted by Crippen LogP contribution is -2.51. The van der Waals surface area contributed by atoms with Crippen LogP contribution in [0, 0.1) is 5.92 Å². The molecule has 1 fully saturated rings. The Hall–Kier alpha value is -2.57. The molecule has 3 rings (SSSR count). The summed E-state index contributed by atoms with van der Waals surface area (Å²) in [6, 6.07) is 7.09. The fraction of sp³-hybridized carbons (Fsp3) is 0.471. The zero-order chi connectivity index (χ0) is 17.3. The molecule has 2 aliphatic heterocycles. The first-order valence-corrected chi connectivity index (χ1v) is 8.05. The topological polar surface area (TPSA) is 87.2 Å². The average molecular weight is 332 g/mol. The minimum Gasteiger partial charge on any atom is -0.481 e. The molecule has 0 unspecified atom stereocenters. The predicted molar refractivity (Wildman–Crippen MR) is 85.8 cm³/mol. The van der Waals surface area contributed by atoms with Crippen molar-refractivity contribution >= 4 is 23.5 Å². The number of ether oxygens (including phenoxy) is 1. The summed E-state index contributed by atoms with van der Waals surface area (Å²) in [5.41, 5.74) is 0.570. The highest BCUT2D eigenvalue weighted by molar-refractivity contribution is 6.03. The van der Waals surface area contributed by atoms with E-state index in [-0.39, 0.29) is 24.9 Å². The van der Waals surface area contributed by atoms with E-state index >= 15 is 0 Å². The smallest absolute Gasteiger partial charge is 0.308 e. The van der Waals surface area contributed by atoms with Gasteiger partial charge >= 0.3 is 5.97 Å². The van der Waals surface area contributed by atoms with Crippen molar-refractivity contribution in [1.82, 2.24) is 4.90 Å². The van der Waals surface area contributed by atoms with E-state index in [4.69, 9.17) is 9.84 Å². The van der Waals surface area contributed by atoms with Crippen molar-refractivity contribution in [2.24, 2.45) is 5.92 Å². The highest BCUT2D eigenvalue weighted by Crippen LogP contribution is 2.33. The lowest BCUT2D eigenvalue weighted by Gasteiger charge is -2.35. The van der Waals surface area contributed by atoms with Crippen LogP contribution in [0.2, 0.25) is 0 Å². The number of carbonyl (C=O) groups excluding carboxylic acids is 2. The fourth-order valence-electron chi connectivity index (χ4n) is 3.16. The van der Waals surface area contributed by atoms with Crippen molar-refractivity contribution in [3.63, 3.8) is 0 Å². The number of hydrogen-bond donors (Lipinski definition) is 1. The quantitative estimate of drug-likeness (QED) is 0.896. The average Bonchev–Trinajstić information content (AvgIpc) is 2.58. The summed E-state index contributed by atoms with van der Waals surface area (Å²) in [6.07, 6.45) is 0.586.